The third-order valence-electron chi connectivity index (χ3n) is 2.47. The minimum absolute atomic E-state index is 0.0350. The number of carbonyl (C=O) groups is 1. The smallest absolute Gasteiger partial charge is 0.241 e. The molecule has 0 aliphatic rings. The van der Waals surface area contributed by atoms with Gasteiger partial charge >= 0.3 is 0 Å². The summed E-state index contributed by atoms with van der Waals surface area (Å²) in [5, 5.41) is 2.96. The molecule has 0 unspecified atom stereocenters. The molecule has 1 heterocycles. The predicted octanol–water partition coefficient (Wildman–Crippen LogP) is 1.86. The molecule has 0 saturated heterocycles. The summed E-state index contributed by atoms with van der Waals surface area (Å²) < 4.78 is 5.35. The van der Waals surface area contributed by atoms with Crippen molar-refractivity contribution in [3.8, 4) is 0 Å². The van der Waals surface area contributed by atoms with Gasteiger partial charge < -0.3 is 14.6 Å². The Balaban J connectivity index is 2.54. The molecule has 0 aliphatic heterocycles. The summed E-state index contributed by atoms with van der Waals surface area (Å²) in [6, 6.07) is 0. The molecule has 0 fully saturated rings. The Kier molecular flexibility index (Phi) is 4.15. The SMILES string of the molecule is CCN(C)C(=O)CNc1coc(C(C)(C)C)n1. The lowest BCUT2D eigenvalue weighted by atomic mass is 9.97. The van der Waals surface area contributed by atoms with Crippen LogP contribution in [0.2, 0.25) is 0 Å². The van der Waals surface area contributed by atoms with E-state index in [4.69, 9.17) is 4.42 Å². The Morgan fingerprint density at radius 2 is 2.18 bits per heavy atom. The molecule has 1 rings (SSSR count). The summed E-state index contributed by atoms with van der Waals surface area (Å²) in [5.41, 5.74) is -0.121. The van der Waals surface area contributed by atoms with Crippen LogP contribution in [0.15, 0.2) is 10.7 Å². The number of anilines is 1. The summed E-state index contributed by atoms with van der Waals surface area (Å²) in [5.74, 6) is 1.30. The van der Waals surface area contributed by atoms with Crippen LogP contribution >= 0.6 is 0 Å². The van der Waals surface area contributed by atoms with Crippen molar-refractivity contribution in [3.05, 3.63) is 12.2 Å². The first-order valence-electron chi connectivity index (χ1n) is 5.78. The van der Waals surface area contributed by atoms with Gasteiger partial charge in [-0.2, -0.15) is 4.98 Å². The van der Waals surface area contributed by atoms with Crippen molar-refractivity contribution in [1.29, 1.82) is 0 Å². The van der Waals surface area contributed by atoms with Crippen molar-refractivity contribution in [2.45, 2.75) is 33.1 Å². The molecule has 0 radical (unpaired) electrons. The van der Waals surface area contributed by atoms with E-state index in [-0.39, 0.29) is 17.9 Å². The fourth-order valence-corrected chi connectivity index (χ4v) is 1.18. The summed E-state index contributed by atoms with van der Waals surface area (Å²) in [6.45, 7) is 8.95. The molecule has 5 nitrogen and oxygen atoms in total. The van der Waals surface area contributed by atoms with Crippen LogP contribution in [-0.2, 0) is 10.2 Å². The van der Waals surface area contributed by atoms with Gasteiger partial charge in [0.2, 0.25) is 11.8 Å². The van der Waals surface area contributed by atoms with Crippen LogP contribution in [0.3, 0.4) is 0 Å². The van der Waals surface area contributed by atoms with E-state index in [1.54, 1.807) is 18.2 Å². The minimum atomic E-state index is -0.121. The average Bonchev–Trinajstić information content (AvgIpc) is 2.72. The van der Waals surface area contributed by atoms with E-state index < -0.39 is 0 Å². The molecule has 0 saturated carbocycles. The molecule has 17 heavy (non-hydrogen) atoms. The molecule has 1 aromatic heterocycles. The zero-order valence-electron chi connectivity index (χ0n) is 11.2. The van der Waals surface area contributed by atoms with Crippen LogP contribution in [-0.4, -0.2) is 35.9 Å². The Labute approximate surface area is 102 Å². The zero-order valence-corrected chi connectivity index (χ0v) is 11.2. The van der Waals surface area contributed by atoms with Crippen molar-refractivity contribution >= 4 is 11.7 Å². The first-order chi connectivity index (χ1) is 7.84. The number of hydrogen-bond acceptors (Lipinski definition) is 4. The molecular formula is C12H21N3O2. The van der Waals surface area contributed by atoms with E-state index >= 15 is 0 Å². The number of oxazole rings is 1. The van der Waals surface area contributed by atoms with Gasteiger partial charge in [-0.1, -0.05) is 20.8 Å². The van der Waals surface area contributed by atoms with Gasteiger partial charge in [-0.3, -0.25) is 4.79 Å². The number of aromatic nitrogens is 1. The van der Waals surface area contributed by atoms with Gasteiger partial charge in [0.1, 0.15) is 6.26 Å². The van der Waals surface area contributed by atoms with Crippen molar-refractivity contribution in [2.75, 3.05) is 25.5 Å². The normalized spacial score (nSPS) is 11.4. The second-order valence-corrected chi connectivity index (χ2v) is 5.05. The lowest BCUT2D eigenvalue weighted by molar-refractivity contribution is -0.127. The maximum Gasteiger partial charge on any atom is 0.241 e. The second-order valence-electron chi connectivity index (χ2n) is 5.05. The molecule has 0 aliphatic carbocycles. The lowest BCUT2D eigenvalue weighted by Crippen LogP contribution is -2.31. The van der Waals surface area contributed by atoms with Crippen LogP contribution in [0.4, 0.5) is 5.82 Å². The van der Waals surface area contributed by atoms with E-state index in [1.165, 1.54) is 0 Å². The topological polar surface area (TPSA) is 58.4 Å². The van der Waals surface area contributed by atoms with Gasteiger partial charge in [-0.05, 0) is 6.92 Å². The number of likely N-dealkylation sites (N-methyl/N-ethyl adjacent to an activating group) is 1. The fourth-order valence-electron chi connectivity index (χ4n) is 1.18. The third-order valence-corrected chi connectivity index (χ3v) is 2.47. The molecule has 96 valence electrons. The number of rotatable bonds is 4. The number of carbonyl (C=O) groups excluding carboxylic acids is 1. The lowest BCUT2D eigenvalue weighted by Gasteiger charge is -2.14. The van der Waals surface area contributed by atoms with Gasteiger partial charge in [0.05, 0.1) is 6.54 Å². The fraction of sp³-hybridized carbons (Fsp3) is 0.667. The summed E-state index contributed by atoms with van der Waals surface area (Å²) >= 11 is 0. The molecule has 1 amide bonds. The molecule has 1 aromatic rings. The summed E-state index contributed by atoms with van der Waals surface area (Å²) in [4.78, 5) is 17.5. The maximum atomic E-state index is 11.6. The van der Waals surface area contributed by atoms with Crippen LogP contribution < -0.4 is 5.32 Å². The van der Waals surface area contributed by atoms with E-state index in [2.05, 4.69) is 10.3 Å². The number of nitrogens with one attached hydrogen (secondary N) is 1. The van der Waals surface area contributed by atoms with Gasteiger partial charge in [0, 0.05) is 19.0 Å². The van der Waals surface area contributed by atoms with Gasteiger partial charge in [0.25, 0.3) is 0 Å². The highest BCUT2D eigenvalue weighted by molar-refractivity contribution is 5.80. The van der Waals surface area contributed by atoms with E-state index in [0.29, 0.717) is 18.3 Å². The Morgan fingerprint density at radius 3 is 2.65 bits per heavy atom. The first-order valence-corrected chi connectivity index (χ1v) is 5.78. The van der Waals surface area contributed by atoms with Crippen molar-refractivity contribution in [3.63, 3.8) is 0 Å². The molecule has 0 atom stereocenters. The van der Waals surface area contributed by atoms with Crippen molar-refractivity contribution < 1.29 is 9.21 Å². The molecule has 0 aromatic carbocycles. The first kappa shape index (κ1) is 13.5. The van der Waals surface area contributed by atoms with Crippen LogP contribution in [0, 0.1) is 0 Å². The van der Waals surface area contributed by atoms with Crippen molar-refractivity contribution in [2.24, 2.45) is 0 Å². The monoisotopic (exact) mass is 239 g/mol. The van der Waals surface area contributed by atoms with Crippen LogP contribution in [0.25, 0.3) is 0 Å². The van der Waals surface area contributed by atoms with Crippen LogP contribution in [0.5, 0.6) is 0 Å². The Morgan fingerprint density at radius 1 is 1.53 bits per heavy atom. The standard InChI is InChI=1S/C12H21N3O2/c1-6-15(5)10(16)7-13-9-8-17-11(14-9)12(2,3)4/h8,13H,6-7H2,1-5H3. The third kappa shape index (κ3) is 3.76. The molecule has 1 N–H and O–H groups in total. The van der Waals surface area contributed by atoms with Crippen LogP contribution in [0.1, 0.15) is 33.6 Å². The molecule has 5 heteroatoms. The van der Waals surface area contributed by atoms with Crippen molar-refractivity contribution in [1.82, 2.24) is 9.88 Å². The van der Waals surface area contributed by atoms with Gasteiger partial charge in [-0.15, -0.1) is 0 Å². The molecule has 0 spiro atoms. The number of amides is 1. The second kappa shape index (κ2) is 5.21. The van der Waals surface area contributed by atoms with E-state index in [0.717, 1.165) is 0 Å². The minimum Gasteiger partial charge on any atom is -0.446 e. The number of nitrogens with zero attached hydrogens (tertiary/aromatic N) is 2. The maximum absolute atomic E-state index is 11.6. The summed E-state index contributed by atoms with van der Waals surface area (Å²) in [7, 11) is 1.77. The van der Waals surface area contributed by atoms with Gasteiger partial charge in [-0.25, -0.2) is 0 Å². The Bertz CT molecular complexity index is 379. The molecular weight excluding hydrogens is 218 g/mol. The highest BCUT2D eigenvalue weighted by atomic mass is 16.3. The summed E-state index contributed by atoms with van der Waals surface area (Å²) in [6.07, 6.45) is 1.54. The van der Waals surface area contributed by atoms with Gasteiger partial charge in [0.15, 0.2) is 5.82 Å². The largest absolute Gasteiger partial charge is 0.446 e. The highest BCUT2D eigenvalue weighted by Gasteiger charge is 2.20. The number of hydrogen-bond donors (Lipinski definition) is 1. The molecule has 0 bridgehead atoms. The quantitative estimate of drug-likeness (QED) is 0.871. The van der Waals surface area contributed by atoms with E-state index in [9.17, 15) is 4.79 Å². The van der Waals surface area contributed by atoms with E-state index in [1.807, 2.05) is 27.7 Å². The predicted molar refractivity (Wildman–Crippen MR) is 67.0 cm³/mol. The zero-order chi connectivity index (χ0) is 13.1. The highest BCUT2D eigenvalue weighted by Crippen LogP contribution is 2.22. The Hall–Kier alpha value is -1.52. The average molecular weight is 239 g/mol.